The molecule has 0 saturated carbocycles. The van der Waals surface area contributed by atoms with Crippen molar-refractivity contribution in [3.63, 3.8) is 0 Å². The van der Waals surface area contributed by atoms with Crippen LogP contribution in [0.5, 0.6) is 0 Å². The highest BCUT2D eigenvalue weighted by atomic mass is 32.2. The van der Waals surface area contributed by atoms with Gasteiger partial charge < -0.3 is 9.80 Å². The summed E-state index contributed by atoms with van der Waals surface area (Å²) in [5.41, 5.74) is -1.90. The van der Waals surface area contributed by atoms with Crippen molar-refractivity contribution >= 4 is 39.8 Å². The molecule has 0 spiro atoms. The van der Waals surface area contributed by atoms with Crippen LogP contribution in [0.3, 0.4) is 0 Å². The Morgan fingerprint density at radius 1 is 0.974 bits per heavy atom. The Morgan fingerprint density at radius 2 is 1.71 bits per heavy atom. The van der Waals surface area contributed by atoms with E-state index in [1.807, 2.05) is 30.9 Å². The van der Waals surface area contributed by atoms with Crippen LogP contribution in [0.1, 0.15) is 22.3 Å². The van der Waals surface area contributed by atoms with Crippen molar-refractivity contribution < 1.29 is 31.1 Å². The van der Waals surface area contributed by atoms with Crippen LogP contribution in [0, 0.1) is 0 Å². The average molecular weight is 556 g/mol. The van der Waals surface area contributed by atoms with Gasteiger partial charge in [0.05, 0.1) is 34.3 Å². The van der Waals surface area contributed by atoms with Crippen LogP contribution in [0.2, 0.25) is 0 Å². The Balaban J connectivity index is 1.56. The van der Waals surface area contributed by atoms with Crippen LogP contribution in [0.4, 0.5) is 26.3 Å². The molecule has 1 aromatic heterocycles. The summed E-state index contributed by atoms with van der Waals surface area (Å²) in [6, 6.07) is 6.63. The lowest BCUT2D eigenvalue weighted by Crippen LogP contribution is -2.31. The molecule has 13 heteroatoms. The van der Waals surface area contributed by atoms with Gasteiger partial charge in [0.1, 0.15) is 0 Å². The number of thioether (sulfide) groups is 1. The Kier molecular flexibility index (Phi) is 7.62. The first kappa shape index (κ1) is 27.7. The SMILES string of the molecule is CN(C)CCN(C)C1=NC(=O)C(=Cc2ccc3c(cnn3Cc3ccc(C(F)(F)F)cc3C(F)(F)F)c2)S1. The molecule has 0 saturated heterocycles. The second kappa shape index (κ2) is 10.4. The highest BCUT2D eigenvalue weighted by Gasteiger charge is 2.38. The number of hydrogen-bond donors (Lipinski definition) is 0. The summed E-state index contributed by atoms with van der Waals surface area (Å²) in [6.45, 7) is 1.11. The van der Waals surface area contributed by atoms with Crippen LogP contribution < -0.4 is 0 Å². The zero-order valence-corrected chi connectivity index (χ0v) is 21.4. The molecule has 2 aromatic carbocycles. The molecular formula is C25H23F6N5OS. The molecule has 0 bridgehead atoms. The lowest BCUT2D eigenvalue weighted by atomic mass is 10.0. The number of nitrogens with zero attached hydrogens (tertiary/aromatic N) is 5. The summed E-state index contributed by atoms with van der Waals surface area (Å²) in [5.74, 6) is -0.362. The molecule has 2 heterocycles. The molecule has 1 aliphatic rings. The van der Waals surface area contributed by atoms with Gasteiger partial charge in [0.15, 0.2) is 5.17 Å². The molecular weight excluding hydrogens is 532 g/mol. The fourth-order valence-electron chi connectivity index (χ4n) is 3.80. The highest BCUT2D eigenvalue weighted by Crippen LogP contribution is 2.38. The van der Waals surface area contributed by atoms with Crippen molar-refractivity contribution in [1.29, 1.82) is 0 Å². The van der Waals surface area contributed by atoms with Gasteiger partial charge in [-0.15, -0.1) is 0 Å². The standard InChI is InChI=1S/C25H23F6N5OS/c1-34(2)8-9-35(3)23-33-22(37)21(38-23)11-15-4-7-20-17(10-15)13-32-36(20)14-16-5-6-18(24(26,27)28)12-19(16)25(29,30)31/h4-7,10-13H,8-9,14H2,1-3H3. The molecule has 1 amide bonds. The monoisotopic (exact) mass is 555 g/mol. The number of likely N-dealkylation sites (N-methyl/N-ethyl adjacent to an activating group) is 2. The van der Waals surface area contributed by atoms with Gasteiger partial charge in [0, 0.05) is 25.5 Å². The molecule has 0 fully saturated rings. The summed E-state index contributed by atoms with van der Waals surface area (Å²) >= 11 is 1.25. The fraction of sp³-hybridized carbons (Fsp3) is 0.320. The number of hydrogen-bond acceptors (Lipinski definition) is 5. The second-order valence-electron chi connectivity index (χ2n) is 9.02. The molecule has 4 rings (SSSR count). The average Bonchev–Trinajstić information content (AvgIpc) is 3.39. The molecule has 1 aliphatic heterocycles. The van der Waals surface area contributed by atoms with E-state index in [9.17, 15) is 31.1 Å². The maximum Gasteiger partial charge on any atom is 0.416 e. The zero-order valence-electron chi connectivity index (χ0n) is 20.6. The largest absolute Gasteiger partial charge is 0.416 e. The molecule has 202 valence electrons. The second-order valence-corrected chi connectivity index (χ2v) is 10.0. The highest BCUT2D eigenvalue weighted by molar-refractivity contribution is 8.18. The molecule has 3 aromatic rings. The number of rotatable bonds is 6. The maximum absolute atomic E-state index is 13.5. The number of fused-ring (bicyclic) bond motifs is 1. The van der Waals surface area contributed by atoms with Gasteiger partial charge >= 0.3 is 12.4 Å². The van der Waals surface area contributed by atoms with Gasteiger partial charge in [-0.2, -0.15) is 36.4 Å². The number of aliphatic imine (C=N–C) groups is 1. The van der Waals surface area contributed by atoms with Gasteiger partial charge in [-0.1, -0.05) is 12.1 Å². The number of benzene rings is 2. The van der Waals surface area contributed by atoms with Crippen LogP contribution in [-0.4, -0.2) is 64.9 Å². The number of amides is 1. The minimum atomic E-state index is -4.97. The first-order chi connectivity index (χ1) is 17.7. The summed E-state index contributed by atoms with van der Waals surface area (Å²) in [7, 11) is 5.75. The van der Waals surface area contributed by atoms with Crippen LogP contribution in [0.15, 0.2) is 52.5 Å². The number of aromatic nitrogens is 2. The maximum atomic E-state index is 13.5. The molecule has 0 atom stereocenters. The lowest BCUT2D eigenvalue weighted by Gasteiger charge is -2.19. The van der Waals surface area contributed by atoms with E-state index in [1.165, 1.54) is 22.6 Å². The predicted octanol–water partition coefficient (Wildman–Crippen LogP) is 5.59. The fourth-order valence-corrected chi connectivity index (χ4v) is 4.70. The van der Waals surface area contributed by atoms with Gasteiger partial charge in [-0.25, -0.2) is 0 Å². The summed E-state index contributed by atoms with van der Waals surface area (Å²) in [6.07, 6.45) is -6.73. The minimum Gasteiger partial charge on any atom is -0.353 e. The Morgan fingerprint density at radius 3 is 2.37 bits per heavy atom. The lowest BCUT2D eigenvalue weighted by molar-refractivity contribution is -0.143. The van der Waals surface area contributed by atoms with Crippen molar-refractivity contribution in [2.75, 3.05) is 34.2 Å². The zero-order chi connectivity index (χ0) is 27.8. The smallest absolute Gasteiger partial charge is 0.353 e. The van der Waals surface area contributed by atoms with E-state index in [-0.39, 0.29) is 24.1 Å². The Bertz CT molecular complexity index is 1420. The Hall–Kier alpha value is -3.32. The van der Waals surface area contributed by atoms with Crippen molar-refractivity contribution in [3.05, 3.63) is 69.8 Å². The number of carbonyl (C=O) groups excluding carboxylic acids is 1. The van der Waals surface area contributed by atoms with E-state index in [0.29, 0.717) is 39.2 Å². The van der Waals surface area contributed by atoms with Gasteiger partial charge in [0.25, 0.3) is 5.91 Å². The van der Waals surface area contributed by atoms with Crippen LogP contribution >= 0.6 is 11.8 Å². The topological polar surface area (TPSA) is 53.7 Å². The summed E-state index contributed by atoms with van der Waals surface area (Å²) < 4.78 is 80.9. The number of carbonyl (C=O) groups is 1. The van der Waals surface area contributed by atoms with Gasteiger partial charge in [-0.05, 0) is 67.3 Å². The third kappa shape index (κ3) is 6.21. The Labute approximate surface area is 218 Å². The third-order valence-electron chi connectivity index (χ3n) is 5.84. The van der Waals surface area contributed by atoms with Crippen molar-refractivity contribution in [2.45, 2.75) is 18.9 Å². The molecule has 0 unspecified atom stereocenters. The van der Waals surface area contributed by atoms with Crippen molar-refractivity contribution in [1.82, 2.24) is 19.6 Å². The van der Waals surface area contributed by atoms with Crippen molar-refractivity contribution in [2.24, 2.45) is 4.99 Å². The molecule has 38 heavy (non-hydrogen) atoms. The third-order valence-corrected chi connectivity index (χ3v) is 6.94. The normalized spacial score (nSPS) is 15.7. The predicted molar refractivity (Wildman–Crippen MR) is 134 cm³/mol. The van der Waals surface area contributed by atoms with Crippen LogP contribution in [0.25, 0.3) is 17.0 Å². The first-order valence-electron chi connectivity index (χ1n) is 11.3. The summed E-state index contributed by atoms with van der Waals surface area (Å²) in [4.78, 5) is 20.9. The molecule has 0 aliphatic carbocycles. The van der Waals surface area contributed by atoms with E-state index < -0.39 is 23.5 Å². The number of amidine groups is 1. The quantitative estimate of drug-likeness (QED) is 0.294. The molecule has 0 N–H and O–H groups in total. The first-order valence-corrected chi connectivity index (χ1v) is 12.2. The van der Waals surface area contributed by atoms with E-state index in [4.69, 9.17) is 0 Å². The van der Waals surface area contributed by atoms with Crippen LogP contribution in [-0.2, 0) is 23.7 Å². The summed E-state index contributed by atoms with van der Waals surface area (Å²) in [5, 5.41) is 5.33. The molecule has 0 radical (unpaired) electrons. The van der Waals surface area contributed by atoms with E-state index in [1.54, 1.807) is 24.3 Å². The van der Waals surface area contributed by atoms with Gasteiger partial charge in [-0.3, -0.25) is 9.48 Å². The van der Waals surface area contributed by atoms with E-state index >= 15 is 0 Å². The number of alkyl halides is 6. The minimum absolute atomic E-state index is 0.121. The van der Waals surface area contributed by atoms with E-state index in [0.717, 1.165) is 12.6 Å². The molecule has 6 nitrogen and oxygen atoms in total. The van der Waals surface area contributed by atoms with Gasteiger partial charge in [0.2, 0.25) is 0 Å². The van der Waals surface area contributed by atoms with E-state index in [2.05, 4.69) is 10.1 Å². The number of halogens is 6. The van der Waals surface area contributed by atoms with Crippen molar-refractivity contribution in [3.8, 4) is 0 Å².